The maximum Gasteiger partial charge on any atom is 0.222 e. The molecule has 1 aliphatic heterocycles. The molecule has 4 heteroatoms. The van der Waals surface area contributed by atoms with Crippen LogP contribution in [0, 0.1) is 13.8 Å². The van der Waals surface area contributed by atoms with Crippen molar-refractivity contribution in [3.8, 4) is 5.75 Å². The van der Waals surface area contributed by atoms with E-state index in [-0.39, 0.29) is 5.91 Å². The Labute approximate surface area is 133 Å². The monoisotopic (exact) mass is 304 g/mol. The minimum atomic E-state index is 0.268. The first-order valence-electron chi connectivity index (χ1n) is 8.33. The number of carbonyl (C=O) groups excluding carboxylic acids is 1. The van der Waals surface area contributed by atoms with Gasteiger partial charge in [-0.3, -0.25) is 4.79 Å². The second-order valence-corrected chi connectivity index (χ2v) is 6.02. The van der Waals surface area contributed by atoms with Gasteiger partial charge in [0.15, 0.2) is 0 Å². The van der Waals surface area contributed by atoms with Crippen molar-refractivity contribution in [2.24, 2.45) is 0 Å². The average Bonchev–Trinajstić information content (AvgIpc) is 2.54. The van der Waals surface area contributed by atoms with Gasteiger partial charge in [-0.1, -0.05) is 13.0 Å². The minimum absolute atomic E-state index is 0.268. The molecule has 1 heterocycles. The normalized spacial score (nSPS) is 15.0. The van der Waals surface area contributed by atoms with Crippen LogP contribution in [0.1, 0.15) is 36.5 Å². The van der Waals surface area contributed by atoms with Crippen molar-refractivity contribution in [3.63, 3.8) is 0 Å². The number of hydrogen-bond donors (Lipinski definition) is 1. The summed E-state index contributed by atoms with van der Waals surface area (Å²) in [5.41, 5.74) is 3.62. The number of amides is 1. The van der Waals surface area contributed by atoms with E-state index in [1.165, 1.54) is 11.1 Å². The van der Waals surface area contributed by atoms with Crippen molar-refractivity contribution < 1.29 is 9.53 Å². The molecule has 1 amide bonds. The van der Waals surface area contributed by atoms with Gasteiger partial charge in [0.05, 0.1) is 6.61 Å². The lowest BCUT2D eigenvalue weighted by Gasteiger charge is -2.27. The number of carbonyl (C=O) groups is 1. The van der Waals surface area contributed by atoms with Crippen molar-refractivity contribution in [2.75, 3.05) is 32.8 Å². The van der Waals surface area contributed by atoms with Crippen LogP contribution < -0.4 is 10.1 Å². The molecule has 0 saturated carbocycles. The number of piperazine rings is 1. The Morgan fingerprint density at radius 2 is 1.95 bits per heavy atom. The standard InChI is InChI=1S/C18H28N2O2/c1-4-11-22-17-13-14(2)16(12-15(17)3)5-6-18(21)20-9-7-19-8-10-20/h12-13,19H,4-11H2,1-3H3. The highest BCUT2D eigenvalue weighted by Crippen LogP contribution is 2.24. The van der Waals surface area contributed by atoms with E-state index in [0.29, 0.717) is 6.42 Å². The van der Waals surface area contributed by atoms with Gasteiger partial charge in [-0.2, -0.15) is 0 Å². The molecule has 1 aliphatic rings. The lowest BCUT2D eigenvalue weighted by molar-refractivity contribution is -0.131. The summed E-state index contributed by atoms with van der Waals surface area (Å²) in [5.74, 6) is 1.24. The van der Waals surface area contributed by atoms with Crippen molar-refractivity contribution in [1.29, 1.82) is 0 Å². The fourth-order valence-corrected chi connectivity index (χ4v) is 2.80. The van der Waals surface area contributed by atoms with Gasteiger partial charge in [0.1, 0.15) is 5.75 Å². The molecular weight excluding hydrogens is 276 g/mol. The second-order valence-electron chi connectivity index (χ2n) is 6.02. The van der Waals surface area contributed by atoms with E-state index >= 15 is 0 Å². The first-order valence-corrected chi connectivity index (χ1v) is 8.33. The molecule has 22 heavy (non-hydrogen) atoms. The van der Waals surface area contributed by atoms with Gasteiger partial charge in [-0.05, 0) is 49.4 Å². The third-order valence-electron chi connectivity index (χ3n) is 4.17. The van der Waals surface area contributed by atoms with E-state index in [0.717, 1.165) is 56.9 Å². The van der Waals surface area contributed by atoms with Gasteiger partial charge >= 0.3 is 0 Å². The fourth-order valence-electron chi connectivity index (χ4n) is 2.80. The molecule has 0 bridgehead atoms. The SMILES string of the molecule is CCCOc1cc(C)c(CCC(=O)N2CCNCC2)cc1C. The fraction of sp³-hybridized carbons (Fsp3) is 0.611. The third-order valence-corrected chi connectivity index (χ3v) is 4.17. The van der Waals surface area contributed by atoms with Crippen molar-refractivity contribution in [1.82, 2.24) is 10.2 Å². The summed E-state index contributed by atoms with van der Waals surface area (Å²) in [6.07, 6.45) is 2.42. The van der Waals surface area contributed by atoms with E-state index in [2.05, 4.69) is 38.2 Å². The smallest absolute Gasteiger partial charge is 0.222 e. The zero-order valence-electron chi connectivity index (χ0n) is 14.1. The molecule has 0 radical (unpaired) electrons. The first kappa shape index (κ1) is 16.8. The maximum atomic E-state index is 12.2. The summed E-state index contributed by atoms with van der Waals surface area (Å²) in [6, 6.07) is 4.28. The molecule has 1 aromatic rings. The quantitative estimate of drug-likeness (QED) is 0.878. The van der Waals surface area contributed by atoms with Crippen LogP contribution >= 0.6 is 0 Å². The molecule has 0 spiro atoms. The van der Waals surface area contributed by atoms with Gasteiger partial charge in [-0.25, -0.2) is 0 Å². The van der Waals surface area contributed by atoms with E-state index in [4.69, 9.17) is 4.74 Å². The largest absolute Gasteiger partial charge is 0.493 e. The lowest BCUT2D eigenvalue weighted by atomic mass is 10.00. The Bertz CT molecular complexity index is 508. The number of benzene rings is 1. The van der Waals surface area contributed by atoms with Crippen LogP contribution in [-0.2, 0) is 11.2 Å². The average molecular weight is 304 g/mol. The molecule has 1 fully saturated rings. The molecule has 4 nitrogen and oxygen atoms in total. The van der Waals surface area contributed by atoms with E-state index in [1.54, 1.807) is 0 Å². The predicted molar refractivity (Wildman–Crippen MR) is 89.5 cm³/mol. The van der Waals surface area contributed by atoms with Crippen molar-refractivity contribution in [3.05, 3.63) is 28.8 Å². The molecule has 1 N–H and O–H groups in total. The number of aryl methyl sites for hydroxylation is 3. The Hall–Kier alpha value is -1.55. The van der Waals surface area contributed by atoms with Gasteiger partial charge in [0, 0.05) is 32.6 Å². The Balaban J connectivity index is 1.94. The Morgan fingerprint density at radius 1 is 1.23 bits per heavy atom. The van der Waals surface area contributed by atoms with Gasteiger partial charge in [-0.15, -0.1) is 0 Å². The highest BCUT2D eigenvalue weighted by Gasteiger charge is 2.16. The van der Waals surface area contributed by atoms with Crippen LogP contribution in [0.15, 0.2) is 12.1 Å². The van der Waals surface area contributed by atoms with Crippen LogP contribution in [0.3, 0.4) is 0 Å². The zero-order valence-corrected chi connectivity index (χ0v) is 14.1. The highest BCUT2D eigenvalue weighted by molar-refractivity contribution is 5.76. The van der Waals surface area contributed by atoms with E-state index < -0.39 is 0 Å². The molecular formula is C18H28N2O2. The predicted octanol–water partition coefficient (Wildman–Crippen LogP) is 2.46. The molecule has 0 unspecified atom stereocenters. The first-order chi connectivity index (χ1) is 10.6. The number of ether oxygens (including phenoxy) is 1. The van der Waals surface area contributed by atoms with Crippen LogP contribution in [0.2, 0.25) is 0 Å². The highest BCUT2D eigenvalue weighted by atomic mass is 16.5. The molecule has 0 atom stereocenters. The summed E-state index contributed by atoms with van der Waals surface area (Å²) in [4.78, 5) is 14.2. The van der Waals surface area contributed by atoms with Gasteiger partial charge in [0.25, 0.3) is 0 Å². The second kappa shape index (κ2) is 8.18. The van der Waals surface area contributed by atoms with Crippen LogP contribution in [0.5, 0.6) is 5.75 Å². The number of rotatable bonds is 6. The topological polar surface area (TPSA) is 41.6 Å². The number of hydrogen-bond acceptors (Lipinski definition) is 3. The number of nitrogens with one attached hydrogen (secondary N) is 1. The molecule has 1 aromatic carbocycles. The van der Waals surface area contributed by atoms with Crippen molar-refractivity contribution in [2.45, 2.75) is 40.0 Å². The Kier molecular flexibility index (Phi) is 6.25. The molecule has 0 aliphatic carbocycles. The van der Waals surface area contributed by atoms with Crippen LogP contribution in [-0.4, -0.2) is 43.6 Å². The summed E-state index contributed by atoms with van der Waals surface area (Å²) in [5, 5.41) is 3.28. The van der Waals surface area contributed by atoms with E-state index in [1.807, 2.05) is 4.90 Å². The van der Waals surface area contributed by atoms with Crippen LogP contribution in [0.25, 0.3) is 0 Å². The summed E-state index contributed by atoms with van der Waals surface area (Å²) in [7, 11) is 0. The molecule has 0 aromatic heterocycles. The van der Waals surface area contributed by atoms with E-state index in [9.17, 15) is 4.79 Å². The summed E-state index contributed by atoms with van der Waals surface area (Å²) < 4.78 is 5.76. The van der Waals surface area contributed by atoms with Gasteiger partial charge in [0.2, 0.25) is 5.91 Å². The lowest BCUT2D eigenvalue weighted by Crippen LogP contribution is -2.46. The molecule has 2 rings (SSSR count). The molecule has 1 saturated heterocycles. The Morgan fingerprint density at radius 3 is 2.64 bits per heavy atom. The minimum Gasteiger partial charge on any atom is -0.493 e. The summed E-state index contributed by atoms with van der Waals surface area (Å²) >= 11 is 0. The summed E-state index contributed by atoms with van der Waals surface area (Å²) in [6.45, 7) is 10.5. The third kappa shape index (κ3) is 4.47. The van der Waals surface area contributed by atoms with Gasteiger partial charge < -0.3 is 15.0 Å². The van der Waals surface area contributed by atoms with Crippen molar-refractivity contribution >= 4 is 5.91 Å². The number of nitrogens with zero attached hydrogens (tertiary/aromatic N) is 1. The zero-order chi connectivity index (χ0) is 15.9. The maximum absolute atomic E-state index is 12.2. The van der Waals surface area contributed by atoms with Crippen LogP contribution in [0.4, 0.5) is 0 Å². The molecule has 122 valence electrons.